The molecule has 0 unspecified atom stereocenters. The Balaban J connectivity index is 2.26. The van der Waals surface area contributed by atoms with Crippen LogP contribution in [-0.2, 0) is 18.2 Å². The second-order valence-electron chi connectivity index (χ2n) is 4.54. The molecule has 0 radical (unpaired) electrons. The zero-order valence-electron chi connectivity index (χ0n) is 12.0. The van der Waals surface area contributed by atoms with Crippen LogP contribution in [0.5, 0.6) is 0 Å². The number of benzene rings is 1. The number of anilines is 1. The molecule has 0 saturated heterocycles. The number of aryl methyl sites for hydroxylation is 2. The van der Waals surface area contributed by atoms with Gasteiger partial charge in [0, 0.05) is 19.0 Å². The summed E-state index contributed by atoms with van der Waals surface area (Å²) in [6.45, 7) is 4.06. The van der Waals surface area contributed by atoms with E-state index in [4.69, 9.17) is 4.74 Å². The van der Waals surface area contributed by atoms with E-state index in [-0.39, 0.29) is 0 Å². The highest BCUT2D eigenvalue weighted by atomic mass is 16.5. The van der Waals surface area contributed by atoms with E-state index >= 15 is 0 Å². The molecule has 0 bridgehead atoms. The van der Waals surface area contributed by atoms with Crippen molar-refractivity contribution in [3.63, 3.8) is 0 Å². The Bertz CT molecular complexity index is 591. The molecular weight excluding hydrogens is 254 g/mol. The third-order valence-electron chi connectivity index (χ3n) is 3.07. The maximum Gasteiger partial charge on any atom is 0.412 e. The molecule has 106 valence electrons. The van der Waals surface area contributed by atoms with Crippen molar-refractivity contribution in [2.24, 2.45) is 7.05 Å². The Hall–Kier alpha value is -2.30. The molecule has 1 aromatic heterocycles. The minimum absolute atomic E-state index is 0.344. The molecule has 0 saturated carbocycles. The zero-order valence-corrected chi connectivity index (χ0v) is 12.0. The standard InChI is InChI=1S/C15H19N3O2/c1-4-20-15(19)16-14-13(11(2)17-18(14)3)10-12-8-6-5-7-9-12/h5-9H,4,10H2,1-3H3,(H,16,19). The number of aromatic nitrogens is 2. The van der Waals surface area contributed by atoms with Crippen molar-refractivity contribution in [2.75, 3.05) is 11.9 Å². The SMILES string of the molecule is CCOC(=O)Nc1c(Cc2ccccc2)c(C)nn1C. The zero-order chi connectivity index (χ0) is 14.5. The number of carbonyl (C=O) groups excluding carboxylic acids is 1. The van der Waals surface area contributed by atoms with Gasteiger partial charge in [0.1, 0.15) is 5.82 Å². The lowest BCUT2D eigenvalue weighted by Crippen LogP contribution is -2.16. The lowest BCUT2D eigenvalue weighted by molar-refractivity contribution is 0.167. The van der Waals surface area contributed by atoms with Crippen LogP contribution in [0.4, 0.5) is 10.6 Å². The van der Waals surface area contributed by atoms with Gasteiger partial charge in [-0.2, -0.15) is 5.10 Å². The molecular formula is C15H19N3O2. The number of nitrogens with zero attached hydrogens (tertiary/aromatic N) is 2. The molecule has 20 heavy (non-hydrogen) atoms. The summed E-state index contributed by atoms with van der Waals surface area (Å²) in [4.78, 5) is 11.6. The van der Waals surface area contributed by atoms with E-state index < -0.39 is 6.09 Å². The molecule has 2 aromatic rings. The van der Waals surface area contributed by atoms with E-state index in [0.29, 0.717) is 12.4 Å². The molecule has 0 fully saturated rings. The minimum atomic E-state index is -0.454. The minimum Gasteiger partial charge on any atom is -0.450 e. The van der Waals surface area contributed by atoms with E-state index in [1.807, 2.05) is 32.2 Å². The Labute approximate surface area is 118 Å². The molecule has 1 N–H and O–H groups in total. The Morgan fingerprint density at radius 2 is 2.05 bits per heavy atom. The molecule has 1 amide bonds. The smallest absolute Gasteiger partial charge is 0.412 e. The fourth-order valence-corrected chi connectivity index (χ4v) is 2.13. The molecule has 5 heteroatoms. The van der Waals surface area contributed by atoms with Gasteiger partial charge in [0.05, 0.1) is 12.3 Å². The first kappa shape index (κ1) is 14.1. The molecule has 1 heterocycles. The summed E-state index contributed by atoms with van der Waals surface area (Å²) in [6.07, 6.45) is 0.271. The first-order valence-electron chi connectivity index (χ1n) is 6.62. The second kappa shape index (κ2) is 6.23. The van der Waals surface area contributed by atoms with Gasteiger partial charge in [-0.1, -0.05) is 30.3 Å². The second-order valence-corrected chi connectivity index (χ2v) is 4.54. The number of hydrogen-bond donors (Lipinski definition) is 1. The fraction of sp³-hybridized carbons (Fsp3) is 0.333. The van der Waals surface area contributed by atoms with Crippen molar-refractivity contribution in [3.05, 3.63) is 47.2 Å². The van der Waals surface area contributed by atoms with Gasteiger partial charge in [-0.3, -0.25) is 10.00 Å². The van der Waals surface area contributed by atoms with Gasteiger partial charge in [-0.25, -0.2) is 4.79 Å². The van der Waals surface area contributed by atoms with Crippen LogP contribution in [-0.4, -0.2) is 22.5 Å². The van der Waals surface area contributed by atoms with Crippen molar-refractivity contribution in [2.45, 2.75) is 20.3 Å². The normalized spacial score (nSPS) is 10.3. The monoisotopic (exact) mass is 273 g/mol. The molecule has 2 rings (SSSR count). The molecule has 0 atom stereocenters. The lowest BCUT2D eigenvalue weighted by Gasteiger charge is -2.09. The van der Waals surface area contributed by atoms with E-state index in [2.05, 4.69) is 22.5 Å². The van der Waals surface area contributed by atoms with Crippen molar-refractivity contribution < 1.29 is 9.53 Å². The molecule has 0 spiro atoms. The van der Waals surface area contributed by atoms with E-state index in [9.17, 15) is 4.79 Å². The quantitative estimate of drug-likeness (QED) is 0.932. The van der Waals surface area contributed by atoms with Gasteiger partial charge >= 0.3 is 6.09 Å². The van der Waals surface area contributed by atoms with Crippen molar-refractivity contribution in [1.29, 1.82) is 0 Å². The summed E-state index contributed by atoms with van der Waals surface area (Å²) in [6, 6.07) is 10.1. The highest BCUT2D eigenvalue weighted by Gasteiger charge is 2.16. The van der Waals surface area contributed by atoms with Crippen molar-refractivity contribution in [3.8, 4) is 0 Å². The van der Waals surface area contributed by atoms with Gasteiger partial charge in [0.25, 0.3) is 0 Å². The number of hydrogen-bond acceptors (Lipinski definition) is 3. The first-order chi connectivity index (χ1) is 9.61. The van der Waals surface area contributed by atoms with Crippen molar-refractivity contribution in [1.82, 2.24) is 9.78 Å². The predicted octanol–water partition coefficient (Wildman–Crippen LogP) is 2.89. The molecule has 5 nitrogen and oxygen atoms in total. The first-order valence-corrected chi connectivity index (χ1v) is 6.62. The third-order valence-corrected chi connectivity index (χ3v) is 3.07. The Morgan fingerprint density at radius 3 is 2.70 bits per heavy atom. The van der Waals surface area contributed by atoms with Crippen LogP contribution in [0.25, 0.3) is 0 Å². The van der Waals surface area contributed by atoms with Gasteiger partial charge < -0.3 is 4.74 Å². The van der Waals surface area contributed by atoms with Crippen LogP contribution < -0.4 is 5.32 Å². The lowest BCUT2D eigenvalue weighted by atomic mass is 10.1. The van der Waals surface area contributed by atoms with Crippen molar-refractivity contribution >= 4 is 11.9 Å². The largest absolute Gasteiger partial charge is 0.450 e. The molecule has 1 aromatic carbocycles. The summed E-state index contributed by atoms with van der Waals surface area (Å²) in [5.41, 5.74) is 3.09. The summed E-state index contributed by atoms with van der Waals surface area (Å²) in [7, 11) is 1.81. The van der Waals surface area contributed by atoms with E-state index in [0.717, 1.165) is 17.7 Å². The average molecular weight is 273 g/mol. The fourth-order valence-electron chi connectivity index (χ4n) is 2.13. The molecule has 0 aliphatic rings. The molecule has 0 aliphatic heterocycles. The van der Waals surface area contributed by atoms with Crippen LogP contribution in [0.3, 0.4) is 0 Å². The van der Waals surface area contributed by atoms with Crippen LogP contribution in [0.1, 0.15) is 23.7 Å². The number of amides is 1. The van der Waals surface area contributed by atoms with Gasteiger partial charge in [0.2, 0.25) is 0 Å². The van der Waals surface area contributed by atoms with E-state index in [1.54, 1.807) is 11.6 Å². The van der Waals surface area contributed by atoms with Crippen LogP contribution in [0.15, 0.2) is 30.3 Å². The topological polar surface area (TPSA) is 56.1 Å². The van der Waals surface area contributed by atoms with Crippen LogP contribution in [0.2, 0.25) is 0 Å². The Morgan fingerprint density at radius 1 is 1.35 bits per heavy atom. The summed E-state index contributed by atoms with van der Waals surface area (Å²) in [5, 5.41) is 7.13. The maximum absolute atomic E-state index is 11.6. The number of ether oxygens (including phenoxy) is 1. The molecule has 0 aliphatic carbocycles. The maximum atomic E-state index is 11.6. The summed E-state index contributed by atoms with van der Waals surface area (Å²) >= 11 is 0. The number of carbonyl (C=O) groups is 1. The highest BCUT2D eigenvalue weighted by molar-refractivity contribution is 5.84. The van der Waals surface area contributed by atoms with E-state index in [1.165, 1.54) is 5.56 Å². The summed E-state index contributed by atoms with van der Waals surface area (Å²) in [5.74, 6) is 0.685. The van der Waals surface area contributed by atoms with Gasteiger partial charge in [0.15, 0.2) is 0 Å². The highest BCUT2D eigenvalue weighted by Crippen LogP contribution is 2.22. The predicted molar refractivity (Wildman–Crippen MR) is 77.8 cm³/mol. The number of rotatable bonds is 4. The summed E-state index contributed by atoms with van der Waals surface area (Å²) < 4.78 is 6.60. The van der Waals surface area contributed by atoms with Crippen LogP contribution in [0, 0.1) is 6.92 Å². The third kappa shape index (κ3) is 3.17. The number of nitrogens with one attached hydrogen (secondary N) is 1. The van der Waals surface area contributed by atoms with Gasteiger partial charge in [-0.05, 0) is 19.4 Å². The van der Waals surface area contributed by atoms with Gasteiger partial charge in [-0.15, -0.1) is 0 Å². The van der Waals surface area contributed by atoms with Crippen LogP contribution >= 0.6 is 0 Å². The Kier molecular flexibility index (Phi) is 4.40. The average Bonchev–Trinajstić information content (AvgIpc) is 2.67.